The van der Waals surface area contributed by atoms with E-state index < -0.39 is 0 Å². The minimum atomic E-state index is -0.0101. The summed E-state index contributed by atoms with van der Waals surface area (Å²) in [6.07, 6.45) is 3.30. The van der Waals surface area contributed by atoms with E-state index in [1.807, 2.05) is 0 Å². The lowest BCUT2D eigenvalue weighted by Crippen LogP contribution is -2.35. The Kier molecular flexibility index (Phi) is 2.56. The van der Waals surface area contributed by atoms with Crippen LogP contribution in [0.4, 0.5) is 0 Å². The lowest BCUT2D eigenvalue weighted by molar-refractivity contribution is -0.164. The highest BCUT2D eigenvalue weighted by Crippen LogP contribution is 2.25. The molecular formula is C10H16N2O2. The predicted octanol–water partition coefficient (Wildman–Crippen LogP) is 0.268. The summed E-state index contributed by atoms with van der Waals surface area (Å²) in [5.41, 5.74) is 0.878. The zero-order valence-corrected chi connectivity index (χ0v) is 8.69. The summed E-state index contributed by atoms with van der Waals surface area (Å²) >= 11 is 0. The number of fused-ring (bicyclic) bond motifs is 2. The molecule has 4 heteroatoms. The second-order valence-electron chi connectivity index (χ2n) is 3.96. The number of likely N-dealkylation sites (N-methyl/N-ethyl adjacent to an activating group) is 1. The number of carbonyl (C=O) groups is 1. The van der Waals surface area contributed by atoms with Gasteiger partial charge in [-0.1, -0.05) is 6.08 Å². The molecule has 1 saturated heterocycles. The van der Waals surface area contributed by atoms with Gasteiger partial charge in [0.2, 0.25) is 0 Å². The van der Waals surface area contributed by atoms with Gasteiger partial charge in [0.1, 0.15) is 0 Å². The van der Waals surface area contributed by atoms with Crippen molar-refractivity contribution in [2.45, 2.75) is 6.42 Å². The van der Waals surface area contributed by atoms with Crippen LogP contribution < -0.4 is 0 Å². The highest BCUT2D eigenvalue weighted by atomic mass is 16.7. The maximum atomic E-state index is 11.8. The van der Waals surface area contributed by atoms with Crippen LogP contribution in [0.5, 0.6) is 0 Å². The van der Waals surface area contributed by atoms with Gasteiger partial charge in [-0.3, -0.25) is 14.5 Å². The first-order valence-corrected chi connectivity index (χ1v) is 4.96. The van der Waals surface area contributed by atoms with E-state index in [-0.39, 0.29) is 5.91 Å². The lowest BCUT2D eigenvalue weighted by atomic mass is 10.0. The van der Waals surface area contributed by atoms with Crippen molar-refractivity contribution < 1.29 is 9.63 Å². The van der Waals surface area contributed by atoms with E-state index in [4.69, 9.17) is 4.84 Å². The molecule has 0 spiro atoms. The Balaban J connectivity index is 2.08. The Morgan fingerprint density at radius 3 is 3.14 bits per heavy atom. The van der Waals surface area contributed by atoms with Crippen molar-refractivity contribution >= 4 is 5.91 Å². The van der Waals surface area contributed by atoms with Gasteiger partial charge in [-0.2, -0.15) is 0 Å². The van der Waals surface area contributed by atoms with Gasteiger partial charge in [-0.15, -0.1) is 0 Å². The fourth-order valence-electron chi connectivity index (χ4n) is 2.14. The van der Waals surface area contributed by atoms with E-state index in [0.717, 1.165) is 25.2 Å². The monoisotopic (exact) mass is 196 g/mol. The SMILES string of the molecule is CON(C)C(=O)C1=CC2CCN(C1)C2. The molecule has 1 fully saturated rings. The minimum absolute atomic E-state index is 0.0101. The van der Waals surface area contributed by atoms with E-state index in [1.54, 1.807) is 7.05 Å². The van der Waals surface area contributed by atoms with Crippen molar-refractivity contribution in [1.29, 1.82) is 0 Å². The Morgan fingerprint density at radius 2 is 2.50 bits per heavy atom. The second-order valence-corrected chi connectivity index (χ2v) is 3.96. The number of nitrogens with zero attached hydrogens (tertiary/aromatic N) is 2. The zero-order chi connectivity index (χ0) is 10.1. The highest BCUT2D eigenvalue weighted by molar-refractivity contribution is 5.93. The molecule has 0 aromatic heterocycles. The summed E-state index contributed by atoms with van der Waals surface area (Å²) in [6, 6.07) is 0. The zero-order valence-electron chi connectivity index (χ0n) is 8.69. The molecule has 2 heterocycles. The molecule has 0 aliphatic carbocycles. The van der Waals surface area contributed by atoms with Crippen LogP contribution in [0.15, 0.2) is 11.6 Å². The normalized spacial score (nSPS) is 30.0. The molecule has 2 aliphatic heterocycles. The van der Waals surface area contributed by atoms with Gasteiger partial charge >= 0.3 is 0 Å². The molecule has 2 atom stereocenters. The third-order valence-corrected chi connectivity index (χ3v) is 2.97. The molecule has 0 aromatic carbocycles. The van der Waals surface area contributed by atoms with Gasteiger partial charge in [0.25, 0.3) is 5.91 Å². The summed E-state index contributed by atoms with van der Waals surface area (Å²) in [5, 5.41) is 1.29. The maximum Gasteiger partial charge on any atom is 0.274 e. The molecule has 2 aliphatic rings. The summed E-state index contributed by atoms with van der Waals surface area (Å²) in [7, 11) is 3.16. The second kappa shape index (κ2) is 3.71. The van der Waals surface area contributed by atoms with Crippen molar-refractivity contribution in [2.24, 2.45) is 5.92 Å². The Bertz CT molecular complexity index is 275. The Labute approximate surface area is 84.1 Å². The fourth-order valence-corrected chi connectivity index (χ4v) is 2.14. The number of rotatable bonds is 2. The number of hydrogen-bond donors (Lipinski definition) is 0. The Morgan fingerprint density at radius 1 is 1.71 bits per heavy atom. The third kappa shape index (κ3) is 1.67. The molecule has 14 heavy (non-hydrogen) atoms. The lowest BCUT2D eigenvalue weighted by Gasteiger charge is -2.24. The minimum Gasteiger partial charge on any atom is -0.298 e. The summed E-state index contributed by atoms with van der Waals surface area (Å²) in [6.45, 7) is 3.02. The number of hydrogen-bond acceptors (Lipinski definition) is 3. The summed E-state index contributed by atoms with van der Waals surface area (Å²) in [4.78, 5) is 19.0. The molecular weight excluding hydrogens is 180 g/mol. The van der Waals surface area contributed by atoms with Crippen LogP contribution in [0.3, 0.4) is 0 Å². The number of carbonyl (C=O) groups excluding carboxylic acids is 1. The van der Waals surface area contributed by atoms with Gasteiger partial charge in [-0.05, 0) is 18.9 Å². The van der Waals surface area contributed by atoms with Crippen LogP contribution in [-0.4, -0.2) is 49.7 Å². The molecule has 0 aromatic rings. The topological polar surface area (TPSA) is 32.8 Å². The fraction of sp³-hybridized carbons (Fsp3) is 0.700. The first-order chi connectivity index (χ1) is 6.70. The van der Waals surface area contributed by atoms with E-state index in [2.05, 4.69) is 11.0 Å². The molecule has 0 N–H and O–H groups in total. The number of amides is 1. The number of hydroxylamine groups is 2. The summed E-state index contributed by atoms with van der Waals surface area (Å²) in [5.74, 6) is 0.567. The van der Waals surface area contributed by atoms with E-state index in [1.165, 1.54) is 18.6 Å². The van der Waals surface area contributed by atoms with Gasteiger partial charge in [-0.25, -0.2) is 5.06 Å². The Hall–Kier alpha value is -0.870. The van der Waals surface area contributed by atoms with E-state index in [9.17, 15) is 4.79 Å². The van der Waals surface area contributed by atoms with Crippen molar-refractivity contribution in [3.63, 3.8) is 0 Å². The average Bonchev–Trinajstić information content (AvgIpc) is 2.55. The average molecular weight is 196 g/mol. The third-order valence-electron chi connectivity index (χ3n) is 2.97. The van der Waals surface area contributed by atoms with Gasteiger partial charge in [0.15, 0.2) is 0 Å². The smallest absolute Gasteiger partial charge is 0.274 e. The predicted molar refractivity (Wildman–Crippen MR) is 52.4 cm³/mol. The maximum absolute atomic E-state index is 11.8. The van der Waals surface area contributed by atoms with Gasteiger partial charge < -0.3 is 0 Å². The standard InChI is InChI=1S/C10H16N2O2/c1-11(14-2)10(13)9-5-8-3-4-12(6-8)7-9/h5,8H,3-4,6-7H2,1-2H3. The van der Waals surface area contributed by atoms with Crippen LogP contribution in [0, 0.1) is 5.92 Å². The molecule has 2 bridgehead atoms. The van der Waals surface area contributed by atoms with Crippen molar-refractivity contribution in [3.05, 3.63) is 11.6 Å². The van der Waals surface area contributed by atoms with Crippen LogP contribution in [0.1, 0.15) is 6.42 Å². The largest absolute Gasteiger partial charge is 0.298 e. The van der Waals surface area contributed by atoms with Crippen LogP contribution in [-0.2, 0) is 9.63 Å². The quantitative estimate of drug-likeness (QED) is 0.594. The van der Waals surface area contributed by atoms with Crippen LogP contribution in [0.2, 0.25) is 0 Å². The highest BCUT2D eigenvalue weighted by Gasteiger charge is 2.30. The molecule has 1 amide bonds. The van der Waals surface area contributed by atoms with Crippen molar-refractivity contribution in [3.8, 4) is 0 Å². The first kappa shape index (κ1) is 9.68. The van der Waals surface area contributed by atoms with Gasteiger partial charge in [0.05, 0.1) is 7.11 Å². The van der Waals surface area contributed by atoms with Crippen molar-refractivity contribution in [1.82, 2.24) is 9.96 Å². The van der Waals surface area contributed by atoms with Gasteiger partial charge in [0, 0.05) is 25.7 Å². The molecule has 78 valence electrons. The van der Waals surface area contributed by atoms with E-state index in [0.29, 0.717) is 5.92 Å². The molecule has 2 rings (SSSR count). The van der Waals surface area contributed by atoms with Crippen molar-refractivity contribution in [2.75, 3.05) is 33.8 Å². The molecule has 0 radical (unpaired) electrons. The molecule has 0 saturated carbocycles. The van der Waals surface area contributed by atoms with Crippen LogP contribution >= 0.6 is 0 Å². The van der Waals surface area contributed by atoms with Crippen LogP contribution in [0.25, 0.3) is 0 Å². The molecule has 4 nitrogen and oxygen atoms in total. The van der Waals surface area contributed by atoms with E-state index >= 15 is 0 Å². The molecule has 2 unspecified atom stereocenters. The first-order valence-electron chi connectivity index (χ1n) is 4.96. The summed E-state index contributed by atoms with van der Waals surface area (Å²) < 4.78 is 0.